The van der Waals surface area contributed by atoms with Gasteiger partial charge in [0.25, 0.3) is 5.91 Å². The molecule has 0 bridgehead atoms. The summed E-state index contributed by atoms with van der Waals surface area (Å²) >= 11 is 0. The number of piperazine rings is 1. The Labute approximate surface area is 154 Å². The summed E-state index contributed by atoms with van der Waals surface area (Å²) in [5.41, 5.74) is -0.405. The average molecular weight is 370 g/mol. The molecule has 1 aromatic rings. The Morgan fingerprint density at radius 1 is 1.00 bits per heavy atom. The number of carbonyl (C=O) groups is 1. The summed E-state index contributed by atoms with van der Waals surface area (Å²) in [4.78, 5) is 17.3. The lowest BCUT2D eigenvalue weighted by atomic mass is 9.94. The van der Waals surface area contributed by atoms with Crippen molar-refractivity contribution in [2.45, 2.75) is 71.3 Å². The van der Waals surface area contributed by atoms with Crippen LogP contribution in [0.3, 0.4) is 0 Å². The molecule has 0 unspecified atom stereocenters. The van der Waals surface area contributed by atoms with Gasteiger partial charge in [0.15, 0.2) is 0 Å². The van der Waals surface area contributed by atoms with Crippen LogP contribution in [0.5, 0.6) is 0 Å². The molecule has 6 heteroatoms. The van der Waals surface area contributed by atoms with Crippen LogP contribution >= 0.6 is 0 Å². The van der Waals surface area contributed by atoms with Crippen molar-refractivity contribution < 1.29 is 18.0 Å². The van der Waals surface area contributed by atoms with E-state index in [1.54, 1.807) is 0 Å². The zero-order valence-corrected chi connectivity index (χ0v) is 16.2. The van der Waals surface area contributed by atoms with E-state index in [0.29, 0.717) is 12.1 Å². The number of amides is 1. The van der Waals surface area contributed by atoms with Crippen molar-refractivity contribution in [2.75, 3.05) is 13.1 Å². The lowest BCUT2D eigenvalue weighted by molar-refractivity contribution is -0.137. The number of nitrogens with zero attached hydrogens (tertiary/aromatic N) is 2. The van der Waals surface area contributed by atoms with E-state index in [2.05, 4.69) is 32.6 Å². The second-order valence-electron chi connectivity index (χ2n) is 7.98. The lowest BCUT2D eigenvalue weighted by Gasteiger charge is -2.51. The van der Waals surface area contributed by atoms with Gasteiger partial charge in [-0.15, -0.1) is 0 Å². The quantitative estimate of drug-likeness (QED) is 0.762. The predicted molar refractivity (Wildman–Crippen MR) is 97.1 cm³/mol. The molecule has 1 saturated heterocycles. The summed E-state index contributed by atoms with van der Waals surface area (Å²) in [6, 6.07) is 4.85. The molecule has 1 aliphatic rings. The Kier molecular flexibility index (Phi) is 6.06. The molecule has 1 aromatic carbocycles. The largest absolute Gasteiger partial charge is 0.416 e. The molecule has 0 aromatic heterocycles. The number of halogens is 3. The fourth-order valence-corrected chi connectivity index (χ4v) is 3.69. The number of benzene rings is 1. The molecule has 1 aliphatic heterocycles. The third kappa shape index (κ3) is 4.40. The van der Waals surface area contributed by atoms with Crippen LogP contribution in [-0.2, 0) is 6.18 Å². The van der Waals surface area contributed by atoms with E-state index in [9.17, 15) is 18.0 Å². The summed E-state index contributed by atoms with van der Waals surface area (Å²) in [5, 5.41) is 0. The fourth-order valence-electron chi connectivity index (χ4n) is 3.69. The van der Waals surface area contributed by atoms with Crippen LogP contribution in [0.4, 0.5) is 13.2 Å². The van der Waals surface area contributed by atoms with Crippen molar-refractivity contribution in [1.82, 2.24) is 9.80 Å². The van der Waals surface area contributed by atoms with Gasteiger partial charge < -0.3 is 4.90 Å². The Morgan fingerprint density at radius 3 is 1.96 bits per heavy atom. The first-order valence-corrected chi connectivity index (χ1v) is 9.24. The average Bonchev–Trinajstić information content (AvgIpc) is 2.58. The van der Waals surface area contributed by atoms with Gasteiger partial charge in [-0.1, -0.05) is 13.8 Å². The molecule has 1 heterocycles. The Morgan fingerprint density at radius 2 is 1.54 bits per heavy atom. The van der Waals surface area contributed by atoms with E-state index < -0.39 is 11.7 Å². The van der Waals surface area contributed by atoms with E-state index in [-0.39, 0.29) is 23.5 Å². The van der Waals surface area contributed by atoms with Crippen molar-refractivity contribution in [3.05, 3.63) is 35.4 Å². The molecule has 0 spiro atoms. The second kappa shape index (κ2) is 7.59. The minimum Gasteiger partial charge on any atom is -0.333 e. The molecule has 3 nitrogen and oxygen atoms in total. The number of rotatable bonds is 3. The van der Waals surface area contributed by atoms with Crippen molar-refractivity contribution >= 4 is 5.91 Å². The maximum absolute atomic E-state index is 13.0. The van der Waals surface area contributed by atoms with Gasteiger partial charge in [0, 0.05) is 36.3 Å². The normalized spacial score (nSPS) is 22.5. The topological polar surface area (TPSA) is 23.6 Å². The lowest BCUT2D eigenvalue weighted by Crippen LogP contribution is -2.63. The van der Waals surface area contributed by atoms with Gasteiger partial charge in [0.05, 0.1) is 5.56 Å². The van der Waals surface area contributed by atoms with E-state index in [1.165, 1.54) is 12.1 Å². The highest BCUT2D eigenvalue weighted by Gasteiger charge is 2.39. The zero-order valence-electron chi connectivity index (χ0n) is 16.2. The predicted octanol–water partition coefficient (Wildman–Crippen LogP) is 4.82. The molecule has 0 aliphatic carbocycles. The number of alkyl halides is 3. The van der Waals surface area contributed by atoms with Crippen LogP contribution in [-0.4, -0.2) is 46.4 Å². The minimum atomic E-state index is -4.39. The van der Waals surface area contributed by atoms with Gasteiger partial charge in [-0.25, -0.2) is 0 Å². The third-order valence-corrected chi connectivity index (χ3v) is 5.22. The summed E-state index contributed by atoms with van der Waals surface area (Å²) < 4.78 is 38.2. The van der Waals surface area contributed by atoms with Crippen LogP contribution in [0.15, 0.2) is 24.3 Å². The number of carbonyl (C=O) groups excluding carboxylic acids is 1. The smallest absolute Gasteiger partial charge is 0.333 e. The van der Waals surface area contributed by atoms with Gasteiger partial charge >= 0.3 is 6.18 Å². The first-order valence-electron chi connectivity index (χ1n) is 9.24. The highest BCUT2D eigenvalue weighted by molar-refractivity contribution is 5.94. The molecule has 2 rings (SSSR count). The van der Waals surface area contributed by atoms with Gasteiger partial charge in [-0.3, -0.25) is 9.69 Å². The molecule has 146 valence electrons. The van der Waals surface area contributed by atoms with E-state index >= 15 is 0 Å². The summed E-state index contributed by atoms with van der Waals surface area (Å²) in [6.07, 6.45) is -2.65. The molecule has 0 radical (unpaired) electrons. The van der Waals surface area contributed by atoms with E-state index in [0.717, 1.165) is 31.5 Å². The maximum atomic E-state index is 13.0. The third-order valence-electron chi connectivity index (χ3n) is 5.22. The van der Waals surface area contributed by atoms with Crippen molar-refractivity contribution in [3.63, 3.8) is 0 Å². The van der Waals surface area contributed by atoms with Gasteiger partial charge in [-0.05, 0) is 57.9 Å². The van der Waals surface area contributed by atoms with Gasteiger partial charge in [0.2, 0.25) is 0 Å². The number of hydrogen-bond donors (Lipinski definition) is 0. The Balaban J connectivity index is 2.24. The van der Waals surface area contributed by atoms with E-state index in [4.69, 9.17) is 0 Å². The molecule has 0 N–H and O–H groups in total. The molecule has 26 heavy (non-hydrogen) atoms. The van der Waals surface area contributed by atoms with Crippen LogP contribution in [0.1, 0.15) is 63.4 Å². The van der Waals surface area contributed by atoms with Crippen molar-refractivity contribution in [3.8, 4) is 0 Å². The standard InChI is InChI=1S/C20H29F3N2O/c1-6-16-13-25(19(3,4)5)17(7-2)12-24(16)18(26)14-8-10-15(11-9-14)20(21,22)23/h8-11,16-17H,6-7,12-13H2,1-5H3/t16-,17+/m1/s1. The SMILES string of the molecule is CC[C@@H]1CN(C(C)(C)C)[C@@H](CC)CN1C(=O)c1ccc(C(F)(F)F)cc1. The first kappa shape index (κ1) is 20.7. The van der Waals surface area contributed by atoms with Crippen LogP contribution in [0, 0.1) is 0 Å². The van der Waals surface area contributed by atoms with Gasteiger partial charge in [-0.2, -0.15) is 13.2 Å². The molecular formula is C20H29F3N2O. The van der Waals surface area contributed by atoms with Crippen molar-refractivity contribution in [1.29, 1.82) is 0 Å². The molecule has 1 fully saturated rings. The van der Waals surface area contributed by atoms with Crippen LogP contribution < -0.4 is 0 Å². The van der Waals surface area contributed by atoms with Crippen molar-refractivity contribution in [2.24, 2.45) is 0 Å². The molecule has 1 amide bonds. The molecular weight excluding hydrogens is 341 g/mol. The van der Waals surface area contributed by atoms with Crippen LogP contribution in [0.2, 0.25) is 0 Å². The fraction of sp³-hybridized carbons (Fsp3) is 0.650. The second-order valence-corrected chi connectivity index (χ2v) is 7.98. The van der Waals surface area contributed by atoms with Gasteiger partial charge in [0.1, 0.15) is 0 Å². The van der Waals surface area contributed by atoms with E-state index in [1.807, 2.05) is 11.8 Å². The molecule has 0 saturated carbocycles. The monoisotopic (exact) mass is 370 g/mol. The molecule has 2 atom stereocenters. The summed E-state index contributed by atoms with van der Waals surface area (Å²) in [6.45, 7) is 12.1. The Bertz CT molecular complexity index is 619. The summed E-state index contributed by atoms with van der Waals surface area (Å²) in [7, 11) is 0. The first-order chi connectivity index (χ1) is 12.0. The maximum Gasteiger partial charge on any atom is 0.416 e. The minimum absolute atomic E-state index is 0.0115. The van der Waals surface area contributed by atoms with Crippen LogP contribution in [0.25, 0.3) is 0 Å². The highest BCUT2D eigenvalue weighted by Crippen LogP contribution is 2.31. The zero-order chi connectivity index (χ0) is 19.7. The Hall–Kier alpha value is -1.56. The number of hydrogen-bond acceptors (Lipinski definition) is 2. The summed E-state index contributed by atoms with van der Waals surface area (Å²) in [5.74, 6) is -0.183. The highest BCUT2D eigenvalue weighted by atomic mass is 19.4.